The summed E-state index contributed by atoms with van der Waals surface area (Å²) in [5, 5.41) is 3.49. The van der Waals surface area contributed by atoms with Crippen molar-refractivity contribution in [2.45, 2.75) is 11.8 Å². The Balaban J connectivity index is 2.18. The zero-order chi connectivity index (χ0) is 18.2. The van der Waals surface area contributed by atoms with Crippen LogP contribution < -0.4 is 11.1 Å². The summed E-state index contributed by atoms with van der Waals surface area (Å²) in [4.78, 5) is 12.0. The summed E-state index contributed by atoms with van der Waals surface area (Å²) in [6, 6.07) is 15.1. The molecule has 25 heavy (non-hydrogen) atoms. The summed E-state index contributed by atoms with van der Waals surface area (Å²) in [6.45, 7) is 1.64. The van der Waals surface area contributed by atoms with Crippen LogP contribution in [-0.2, 0) is 10.1 Å². The monoisotopic (exact) mass is 356 g/mol. The van der Waals surface area contributed by atoms with E-state index >= 15 is 0 Å². The number of nitrogens with one attached hydrogen (secondary N) is 1. The zero-order valence-corrected chi connectivity index (χ0v) is 14.2. The Labute approximate surface area is 145 Å². The van der Waals surface area contributed by atoms with E-state index in [1.165, 1.54) is 6.07 Å². The van der Waals surface area contributed by atoms with Crippen molar-refractivity contribution < 1.29 is 17.8 Å². The van der Waals surface area contributed by atoms with Crippen molar-refractivity contribution in [2.75, 3.05) is 11.1 Å². The Bertz CT molecular complexity index is 1080. The van der Waals surface area contributed by atoms with Crippen LogP contribution in [0.2, 0.25) is 0 Å². The van der Waals surface area contributed by atoms with E-state index in [0.29, 0.717) is 22.2 Å². The van der Waals surface area contributed by atoms with E-state index in [1.54, 1.807) is 55.5 Å². The quantitative estimate of drug-likeness (QED) is 0.493. The fourth-order valence-electron chi connectivity index (χ4n) is 2.71. The van der Waals surface area contributed by atoms with Crippen molar-refractivity contribution in [1.82, 2.24) is 0 Å². The molecule has 128 valence electrons. The van der Waals surface area contributed by atoms with Gasteiger partial charge in [0.2, 0.25) is 0 Å². The third-order valence-electron chi connectivity index (χ3n) is 3.92. The van der Waals surface area contributed by atoms with Crippen molar-refractivity contribution in [3.63, 3.8) is 0 Å². The SMILES string of the molecule is Cc1cc2c(NC(=O)c3ccccc3)cccc2c(S(=O)(=O)O)c1N. The van der Waals surface area contributed by atoms with E-state index in [0.717, 1.165) is 0 Å². The number of nitrogens with two attached hydrogens (primary N) is 1. The van der Waals surface area contributed by atoms with E-state index < -0.39 is 10.1 Å². The third kappa shape index (κ3) is 3.19. The summed E-state index contributed by atoms with van der Waals surface area (Å²) in [6.07, 6.45) is 0. The maximum absolute atomic E-state index is 12.4. The van der Waals surface area contributed by atoms with Crippen LogP contribution in [0.25, 0.3) is 10.8 Å². The van der Waals surface area contributed by atoms with Gasteiger partial charge in [0.25, 0.3) is 16.0 Å². The second-order valence-corrected chi connectivity index (χ2v) is 6.99. The van der Waals surface area contributed by atoms with Crippen molar-refractivity contribution in [1.29, 1.82) is 0 Å². The van der Waals surface area contributed by atoms with Gasteiger partial charge in [0.05, 0.1) is 5.69 Å². The number of rotatable bonds is 3. The predicted molar refractivity (Wildman–Crippen MR) is 97.3 cm³/mol. The molecule has 0 aromatic heterocycles. The number of benzene rings is 3. The van der Waals surface area contributed by atoms with Crippen LogP contribution >= 0.6 is 0 Å². The van der Waals surface area contributed by atoms with Gasteiger partial charge in [0, 0.05) is 22.0 Å². The van der Waals surface area contributed by atoms with Gasteiger partial charge in [-0.25, -0.2) is 0 Å². The molecule has 0 heterocycles. The molecule has 0 spiro atoms. The van der Waals surface area contributed by atoms with Crippen molar-refractivity contribution in [3.8, 4) is 0 Å². The molecule has 0 aliphatic carbocycles. The minimum atomic E-state index is -4.52. The first-order chi connectivity index (χ1) is 11.8. The van der Waals surface area contributed by atoms with Gasteiger partial charge in [0.15, 0.2) is 0 Å². The van der Waals surface area contributed by atoms with Crippen LogP contribution in [0.3, 0.4) is 0 Å². The Morgan fingerprint density at radius 1 is 1.04 bits per heavy atom. The fourth-order valence-corrected chi connectivity index (χ4v) is 3.60. The standard InChI is InChI=1S/C18H16N2O4S/c1-11-10-14-13(17(16(11)19)25(22,23)24)8-5-9-15(14)20-18(21)12-6-3-2-4-7-12/h2-10H,19H2,1H3,(H,20,21)(H,22,23,24). The first-order valence-electron chi connectivity index (χ1n) is 7.44. The van der Waals surface area contributed by atoms with E-state index in [2.05, 4.69) is 5.32 Å². The minimum Gasteiger partial charge on any atom is -0.397 e. The van der Waals surface area contributed by atoms with Crippen LogP contribution in [0, 0.1) is 6.92 Å². The number of fused-ring (bicyclic) bond motifs is 1. The van der Waals surface area contributed by atoms with Crippen LogP contribution in [-0.4, -0.2) is 18.9 Å². The highest BCUT2D eigenvalue weighted by Gasteiger charge is 2.21. The summed E-state index contributed by atoms with van der Waals surface area (Å²) < 4.78 is 33.1. The molecular weight excluding hydrogens is 340 g/mol. The number of hydrogen-bond acceptors (Lipinski definition) is 4. The lowest BCUT2D eigenvalue weighted by atomic mass is 10.0. The molecule has 3 rings (SSSR count). The Kier molecular flexibility index (Phi) is 4.20. The van der Waals surface area contributed by atoms with Gasteiger partial charge in [-0.05, 0) is 36.8 Å². The fraction of sp³-hybridized carbons (Fsp3) is 0.0556. The highest BCUT2D eigenvalue weighted by Crippen LogP contribution is 2.35. The second kappa shape index (κ2) is 6.19. The lowest BCUT2D eigenvalue weighted by Crippen LogP contribution is -2.12. The lowest BCUT2D eigenvalue weighted by Gasteiger charge is -2.14. The normalized spacial score (nSPS) is 11.4. The molecule has 0 saturated carbocycles. The van der Waals surface area contributed by atoms with Crippen molar-refractivity contribution in [3.05, 3.63) is 65.7 Å². The largest absolute Gasteiger partial charge is 0.397 e. The molecule has 0 radical (unpaired) electrons. The summed E-state index contributed by atoms with van der Waals surface area (Å²) >= 11 is 0. The van der Waals surface area contributed by atoms with Gasteiger partial charge in [-0.1, -0.05) is 30.3 Å². The molecule has 4 N–H and O–H groups in total. The van der Waals surface area contributed by atoms with Gasteiger partial charge in [-0.15, -0.1) is 0 Å². The number of carbonyl (C=O) groups excluding carboxylic acids is 1. The summed E-state index contributed by atoms with van der Waals surface area (Å²) in [5.74, 6) is -0.323. The Morgan fingerprint density at radius 3 is 2.36 bits per heavy atom. The zero-order valence-electron chi connectivity index (χ0n) is 13.4. The minimum absolute atomic E-state index is 0.0125. The average molecular weight is 356 g/mol. The van der Waals surface area contributed by atoms with Gasteiger partial charge in [0.1, 0.15) is 4.90 Å². The van der Waals surface area contributed by atoms with E-state index in [-0.39, 0.29) is 21.9 Å². The molecule has 0 unspecified atom stereocenters. The molecule has 0 fully saturated rings. The first-order valence-corrected chi connectivity index (χ1v) is 8.88. The van der Waals surface area contributed by atoms with Crippen LogP contribution in [0.15, 0.2) is 59.5 Å². The topological polar surface area (TPSA) is 109 Å². The lowest BCUT2D eigenvalue weighted by molar-refractivity contribution is 0.102. The van der Waals surface area contributed by atoms with Crippen LogP contribution in [0.4, 0.5) is 11.4 Å². The van der Waals surface area contributed by atoms with E-state index in [1.807, 2.05) is 0 Å². The third-order valence-corrected chi connectivity index (χ3v) is 4.88. The van der Waals surface area contributed by atoms with Gasteiger partial charge >= 0.3 is 0 Å². The molecule has 0 bridgehead atoms. The highest BCUT2D eigenvalue weighted by molar-refractivity contribution is 7.86. The van der Waals surface area contributed by atoms with Gasteiger partial charge in [-0.2, -0.15) is 8.42 Å². The average Bonchev–Trinajstić information content (AvgIpc) is 2.56. The number of carbonyl (C=O) groups is 1. The molecule has 0 saturated heterocycles. The highest BCUT2D eigenvalue weighted by atomic mass is 32.2. The smallest absolute Gasteiger partial charge is 0.297 e. The van der Waals surface area contributed by atoms with E-state index in [4.69, 9.17) is 5.73 Å². The molecular formula is C18H16N2O4S. The number of amides is 1. The molecule has 7 heteroatoms. The molecule has 6 nitrogen and oxygen atoms in total. The molecule has 3 aromatic carbocycles. The van der Waals surface area contributed by atoms with Crippen molar-refractivity contribution in [2.24, 2.45) is 0 Å². The van der Waals surface area contributed by atoms with Crippen LogP contribution in [0.5, 0.6) is 0 Å². The van der Waals surface area contributed by atoms with Gasteiger partial charge < -0.3 is 11.1 Å². The first kappa shape index (κ1) is 16.9. The molecule has 0 aliphatic rings. The maximum atomic E-state index is 12.4. The number of aryl methyl sites for hydroxylation is 1. The molecule has 1 amide bonds. The Morgan fingerprint density at radius 2 is 1.72 bits per heavy atom. The van der Waals surface area contributed by atoms with Gasteiger partial charge in [-0.3, -0.25) is 9.35 Å². The molecule has 0 aliphatic heterocycles. The molecule has 3 aromatic rings. The Hall–Kier alpha value is -2.90. The molecule has 0 atom stereocenters. The van der Waals surface area contributed by atoms with E-state index in [9.17, 15) is 17.8 Å². The second-order valence-electron chi connectivity index (χ2n) is 5.63. The summed E-state index contributed by atoms with van der Waals surface area (Å²) in [7, 11) is -4.52. The number of hydrogen-bond donors (Lipinski definition) is 3. The maximum Gasteiger partial charge on any atom is 0.297 e. The van der Waals surface area contributed by atoms with Crippen molar-refractivity contribution >= 4 is 38.2 Å². The number of nitrogen functional groups attached to an aromatic ring is 1. The van der Waals surface area contributed by atoms with Crippen LogP contribution in [0.1, 0.15) is 15.9 Å². The summed E-state index contributed by atoms with van der Waals surface area (Å²) in [5.41, 5.74) is 7.23. The number of anilines is 2. The predicted octanol–water partition coefficient (Wildman–Crippen LogP) is 3.23.